The van der Waals surface area contributed by atoms with E-state index in [2.05, 4.69) is 50.7 Å². The molecule has 204 valence electrons. The molecule has 0 aliphatic carbocycles. The van der Waals surface area contributed by atoms with Gasteiger partial charge in [-0.25, -0.2) is 9.97 Å². The first kappa shape index (κ1) is 25.2. The van der Waals surface area contributed by atoms with Crippen molar-refractivity contribution in [3.8, 4) is 11.5 Å². The van der Waals surface area contributed by atoms with Crippen LogP contribution in [0.25, 0.3) is 22.2 Å². The molecule has 6 rings (SSSR count). The summed E-state index contributed by atoms with van der Waals surface area (Å²) in [5.74, 6) is 1.90. The first-order valence-electron chi connectivity index (χ1n) is 12.5. The molecule has 0 spiro atoms. The van der Waals surface area contributed by atoms with Crippen molar-refractivity contribution in [1.82, 2.24) is 34.3 Å². The van der Waals surface area contributed by atoms with E-state index in [1.165, 1.54) is 18.5 Å². The van der Waals surface area contributed by atoms with Gasteiger partial charge in [-0.2, -0.15) is 23.3 Å². The molecule has 0 saturated carbocycles. The van der Waals surface area contributed by atoms with Crippen molar-refractivity contribution >= 4 is 34.0 Å². The molecule has 1 aliphatic heterocycles. The number of halogens is 3. The lowest BCUT2D eigenvalue weighted by molar-refractivity contribution is -0.140. The highest BCUT2D eigenvalue weighted by Crippen LogP contribution is 2.34. The fourth-order valence-electron chi connectivity index (χ4n) is 4.68. The Morgan fingerprint density at radius 2 is 1.85 bits per heavy atom. The molecule has 0 amide bonds. The van der Waals surface area contributed by atoms with Gasteiger partial charge in [0.25, 0.3) is 0 Å². The first-order valence-corrected chi connectivity index (χ1v) is 12.5. The lowest BCUT2D eigenvalue weighted by atomic mass is 9.91. The Balaban J connectivity index is 1.26. The standard InChI is InChI=1S/C26H27F3N8O2/c1-25(2,3)20-10-21(35-37(20)15-5-6-38-13-15)33-24-34-23-18(36(24)4)9-17(12-31-23)39-16-7-14-8-19(26(27,28)29)32-22(14)30-11-16/h7-12,15H,5-6,13H2,1-4H3,(H,30,32)(H,31,33,34,35)/t15-/m0/s1. The number of nitrogens with zero attached hydrogens (tertiary/aromatic N) is 6. The zero-order chi connectivity index (χ0) is 27.5. The molecule has 5 aromatic heterocycles. The minimum Gasteiger partial charge on any atom is -0.454 e. The number of pyridine rings is 2. The van der Waals surface area contributed by atoms with E-state index in [1.807, 2.05) is 17.7 Å². The molecule has 1 saturated heterocycles. The Bertz CT molecular complexity index is 1670. The molecular formula is C26H27F3N8O2. The number of aryl methyl sites for hydroxylation is 1. The molecule has 0 unspecified atom stereocenters. The molecular weight excluding hydrogens is 513 g/mol. The van der Waals surface area contributed by atoms with Crippen LogP contribution in [0.4, 0.5) is 24.9 Å². The summed E-state index contributed by atoms with van der Waals surface area (Å²) in [4.78, 5) is 15.3. The highest BCUT2D eigenvalue weighted by molar-refractivity contribution is 5.79. The molecule has 2 N–H and O–H groups in total. The van der Waals surface area contributed by atoms with Crippen molar-refractivity contribution < 1.29 is 22.6 Å². The number of alkyl halides is 3. The average Bonchev–Trinajstić information content (AvgIpc) is 3.65. The molecule has 1 atom stereocenters. The number of nitrogens with one attached hydrogen (secondary N) is 2. The van der Waals surface area contributed by atoms with E-state index < -0.39 is 11.9 Å². The number of ether oxygens (including phenoxy) is 2. The maximum absolute atomic E-state index is 13.0. The van der Waals surface area contributed by atoms with Gasteiger partial charge in [0.1, 0.15) is 22.8 Å². The largest absolute Gasteiger partial charge is 0.454 e. The Labute approximate surface area is 221 Å². The van der Waals surface area contributed by atoms with E-state index in [-0.39, 0.29) is 22.9 Å². The SMILES string of the molecule is Cn1c(Nc2cc(C(C)(C)C)n([C@H]3CCOC3)n2)nc2ncc(Oc3cnc4[nH]c(C(F)(F)F)cc4c3)cc21. The van der Waals surface area contributed by atoms with E-state index in [4.69, 9.17) is 14.6 Å². The third kappa shape index (κ3) is 4.78. The molecule has 13 heteroatoms. The average molecular weight is 541 g/mol. The number of hydrogen-bond donors (Lipinski definition) is 2. The Kier molecular flexibility index (Phi) is 5.79. The Morgan fingerprint density at radius 3 is 2.56 bits per heavy atom. The molecule has 6 heterocycles. The highest BCUT2D eigenvalue weighted by atomic mass is 19.4. The maximum Gasteiger partial charge on any atom is 0.431 e. The van der Waals surface area contributed by atoms with Gasteiger partial charge < -0.3 is 24.3 Å². The normalized spacial score (nSPS) is 16.4. The minimum atomic E-state index is -4.49. The second kappa shape index (κ2) is 8.97. The van der Waals surface area contributed by atoms with Gasteiger partial charge in [-0.05, 0) is 18.6 Å². The molecule has 1 fully saturated rings. The smallest absolute Gasteiger partial charge is 0.431 e. The summed E-state index contributed by atoms with van der Waals surface area (Å²) in [5.41, 5.74) is 1.45. The molecule has 10 nitrogen and oxygen atoms in total. The van der Waals surface area contributed by atoms with Crippen LogP contribution in [0.3, 0.4) is 0 Å². The lowest BCUT2D eigenvalue weighted by Gasteiger charge is -2.22. The van der Waals surface area contributed by atoms with Crippen molar-refractivity contribution in [3.63, 3.8) is 0 Å². The van der Waals surface area contributed by atoms with Gasteiger partial charge in [0.05, 0.1) is 30.6 Å². The van der Waals surface area contributed by atoms with E-state index in [1.54, 1.807) is 6.07 Å². The van der Waals surface area contributed by atoms with E-state index in [0.717, 1.165) is 24.8 Å². The number of fused-ring (bicyclic) bond motifs is 2. The zero-order valence-corrected chi connectivity index (χ0v) is 21.8. The molecule has 39 heavy (non-hydrogen) atoms. The number of aromatic nitrogens is 7. The van der Waals surface area contributed by atoms with E-state index >= 15 is 0 Å². The number of rotatable bonds is 5. The Morgan fingerprint density at radius 1 is 1.08 bits per heavy atom. The van der Waals surface area contributed by atoms with Gasteiger partial charge in [-0.15, -0.1) is 0 Å². The fourth-order valence-corrected chi connectivity index (χ4v) is 4.68. The fraction of sp³-hybridized carbons (Fsp3) is 0.385. The van der Waals surface area contributed by atoms with Crippen LogP contribution in [0.1, 0.15) is 44.6 Å². The summed E-state index contributed by atoms with van der Waals surface area (Å²) >= 11 is 0. The van der Waals surface area contributed by atoms with E-state index in [9.17, 15) is 13.2 Å². The quantitative estimate of drug-likeness (QED) is 0.288. The molecule has 0 radical (unpaired) electrons. The van der Waals surface area contributed by atoms with Gasteiger partial charge in [0, 0.05) is 42.3 Å². The summed E-state index contributed by atoms with van der Waals surface area (Å²) in [6, 6.07) is 6.48. The van der Waals surface area contributed by atoms with Gasteiger partial charge in [0.15, 0.2) is 11.5 Å². The van der Waals surface area contributed by atoms with Gasteiger partial charge >= 0.3 is 6.18 Å². The monoisotopic (exact) mass is 540 g/mol. The van der Waals surface area contributed by atoms with Crippen LogP contribution in [0.15, 0.2) is 36.7 Å². The number of imidazole rings is 1. The summed E-state index contributed by atoms with van der Waals surface area (Å²) in [6.45, 7) is 7.82. The van der Waals surface area contributed by atoms with Crippen LogP contribution in [0.2, 0.25) is 0 Å². The first-order chi connectivity index (χ1) is 18.5. The molecule has 0 bridgehead atoms. The van der Waals surface area contributed by atoms with Crippen molar-refractivity contribution in [2.24, 2.45) is 7.05 Å². The van der Waals surface area contributed by atoms with Crippen molar-refractivity contribution in [3.05, 3.63) is 48.0 Å². The number of H-pyrrole nitrogens is 1. The van der Waals surface area contributed by atoms with Crippen LogP contribution >= 0.6 is 0 Å². The third-order valence-electron chi connectivity index (χ3n) is 6.69. The van der Waals surface area contributed by atoms with Gasteiger partial charge in [-0.1, -0.05) is 20.8 Å². The molecule has 0 aromatic carbocycles. The zero-order valence-electron chi connectivity index (χ0n) is 21.8. The number of anilines is 2. The number of hydrogen-bond acceptors (Lipinski definition) is 7. The maximum atomic E-state index is 13.0. The summed E-state index contributed by atoms with van der Waals surface area (Å²) in [7, 11) is 1.85. The van der Waals surface area contributed by atoms with Crippen molar-refractivity contribution in [2.45, 2.75) is 44.8 Å². The summed E-state index contributed by atoms with van der Waals surface area (Å²) < 4.78 is 54.4. The predicted molar refractivity (Wildman–Crippen MR) is 138 cm³/mol. The van der Waals surface area contributed by atoms with Crippen molar-refractivity contribution in [2.75, 3.05) is 18.5 Å². The van der Waals surface area contributed by atoms with Crippen LogP contribution in [0.5, 0.6) is 11.5 Å². The van der Waals surface area contributed by atoms with Crippen LogP contribution < -0.4 is 10.1 Å². The predicted octanol–water partition coefficient (Wildman–Crippen LogP) is 5.85. The topological polar surface area (TPSA) is 108 Å². The second-order valence-corrected chi connectivity index (χ2v) is 10.7. The van der Waals surface area contributed by atoms with Crippen LogP contribution in [-0.2, 0) is 23.4 Å². The second-order valence-electron chi connectivity index (χ2n) is 10.7. The summed E-state index contributed by atoms with van der Waals surface area (Å²) in [6.07, 6.45) is -0.704. The number of aromatic amines is 1. The highest BCUT2D eigenvalue weighted by Gasteiger charge is 2.33. The molecule has 5 aromatic rings. The Hall–Kier alpha value is -4.13. The lowest BCUT2D eigenvalue weighted by Crippen LogP contribution is -2.22. The van der Waals surface area contributed by atoms with E-state index in [0.29, 0.717) is 40.7 Å². The van der Waals surface area contributed by atoms with Gasteiger partial charge in [-0.3, -0.25) is 4.68 Å². The van der Waals surface area contributed by atoms with Crippen LogP contribution in [-0.4, -0.2) is 47.5 Å². The van der Waals surface area contributed by atoms with Crippen molar-refractivity contribution in [1.29, 1.82) is 0 Å². The third-order valence-corrected chi connectivity index (χ3v) is 6.69. The van der Waals surface area contributed by atoms with Crippen LogP contribution in [0, 0.1) is 0 Å². The molecule has 1 aliphatic rings. The minimum absolute atomic E-state index is 0.109. The summed E-state index contributed by atoms with van der Waals surface area (Å²) in [5, 5.41) is 8.43. The van der Waals surface area contributed by atoms with Gasteiger partial charge in [0.2, 0.25) is 5.95 Å².